The van der Waals surface area contributed by atoms with Gasteiger partial charge in [-0.15, -0.1) is 0 Å². The van der Waals surface area contributed by atoms with Gasteiger partial charge in [0.1, 0.15) is 0 Å². The Labute approximate surface area is 123 Å². The maximum absolute atomic E-state index is 12.6. The van der Waals surface area contributed by atoms with E-state index in [4.69, 9.17) is 21.1 Å². The Balaban J connectivity index is 1.82. The van der Waals surface area contributed by atoms with E-state index in [1.54, 1.807) is 12.1 Å². The van der Waals surface area contributed by atoms with Gasteiger partial charge in [-0.05, 0) is 37.3 Å². The first kappa shape index (κ1) is 13.6. The molecule has 0 unspecified atom stereocenters. The van der Waals surface area contributed by atoms with Gasteiger partial charge in [0.25, 0.3) is 5.91 Å². The number of carbonyl (C=O) groups is 1. The van der Waals surface area contributed by atoms with Gasteiger partial charge < -0.3 is 14.4 Å². The standard InChI is InChI=1S/C15H18ClNO3/c1-2-5-17(8-10-3-4-10)15(18)11-6-12(16)14-13(7-11)19-9-20-14/h6-7,10H,2-5,8-9H2,1H3. The number of carbonyl (C=O) groups excluding carboxylic acids is 1. The quantitative estimate of drug-likeness (QED) is 0.836. The third-order valence-electron chi connectivity index (χ3n) is 3.63. The second kappa shape index (κ2) is 5.52. The summed E-state index contributed by atoms with van der Waals surface area (Å²) in [6.45, 7) is 3.87. The Kier molecular flexibility index (Phi) is 3.74. The molecular formula is C15H18ClNO3. The fourth-order valence-electron chi connectivity index (χ4n) is 2.43. The van der Waals surface area contributed by atoms with E-state index in [0.717, 1.165) is 19.5 Å². The van der Waals surface area contributed by atoms with Crippen molar-refractivity contribution < 1.29 is 14.3 Å². The Bertz CT molecular complexity index is 528. The van der Waals surface area contributed by atoms with Crippen LogP contribution >= 0.6 is 11.6 Å². The summed E-state index contributed by atoms with van der Waals surface area (Å²) in [5, 5.41) is 0.436. The Morgan fingerprint density at radius 2 is 2.20 bits per heavy atom. The minimum atomic E-state index is 0.0268. The van der Waals surface area contributed by atoms with Gasteiger partial charge in [0.15, 0.2) is 11.5 Å². The minimum Gasteiger partial charge on any atom is -0.454 e. The molecule has 20 heavy (non-hydrogen) atoms. The first-order valence-corrected chi connectivity index (χ1v) is 7.45. The van der Waals surface area contributed by atoms with E-state index >= 15 is 0 Å². The van der Waals surface area contributed by atoms with Crippen molar-refractivity contribution >= 4 is 17.5 Å². The van der Waals surface area contributed by atoms with E-state index in [2.05, 4.69) is 6.92 Å². The monoisotopic (exact) mass is 295 g/mol. The number of fused-ring (bicyclic) bond motifs is 1. The molecule has 1 aliphatic carbocycles. The molecule has 1 aromatic rings. The van der Waals surface area contributed by atoms with Crippen LogP contribution in [0.3, 0.4) is 0 Å². The fraction of sp³-hybridized carbons (Fsp3) is 0.533. The van der Waals surface area contributed by atoms with Crippen LogP contribution in [0.4, 0.5) is 0 Å². The molecule has 1 aliphatic heterocycles. The molecule has 3 rings (SSSR count). The van der Waals surface area contributed by atoms with E-state index in [1.807, 2.05) is 4.90 Å². The number of benzene rings is 1. The van der Waals surface area contributed by atoms with Crippen molar-refractivity contribution in [2.75, 3.05) is 19.9 Å². The molecule has 0 atom stereocenters. The van der Waals surface area contributed by atoms with Gasteiger partial charge in [-0.25, -0.2) is 0 Å². The molecule has 0 bridgehead atoms. The molecule has 0 radical (unpaired) electrons. The van der Waals surface area contributed by atoms with E-state index in [0.29, 0.717) is 28.0 Å². The number of amides is 1. The largest absolute Gasteiger partial charge is 0.454 e. The van der Waals surface area contributed by atoms with Crippen molar-refractivity contribution in [2.45, 2.75) is 26.2 Å². The van der Waals surface area contributed by atoms with Crippen LogP contribution < -0.4 is 9.47 Å². The van der Waals surface area contributed by atoms with Crippen LogP contribution in [0.1, 0.15) is 36.5 Å². The second-order valence-electron chi connectivity index (χ2n) is 5.39. The first-order chi connectivity index (χ1) is 9.69. The average Bonchev–Trinajstić information content (AvgIpc) is 3.11. The molecule has 1 amide bonds. The third kappa shape index (κ3) is 2.70. The normalized spacial score (nSPS) is 16.3. The lowest BCUT2D eigenvalue weighted by Crippen LogP contribution is -2.33. The fourth-order valence-corrected chi connectivity index (χ4v) is 2.70. The lowest BCUT2D eigenvalue weighted by atomic mass is 10.1. The molecular weight excluding hydrogens is 278 g/mol. The summed E-state index contributed by atoms with van der Waals surface area (Å²) in [6.07, 6.45) is 3.42. The zero-order chi connectivity index (χ0) is 14.1. The molecule has 1 heterocycles. The van der Waals surface area contributed by atoms with Gasteiger partial charge in [0.2, 0.25) is 6.79 Å². The summed E-state index contributed by atoms with van der Waals surface area (Å²) in [4.78, 5) is 14.5. The molecule has 0 saturated heterocycles. The topological polar surface area (TPSA) is 38.8 Å². The number of ether oxygens (including phenoxy) is 2. The molecule has 2 aliphatic rings. The van der Waals surface area contributed by atoms with E-state index < -0.39 is 0 Å². The SMILES string of the molecule is CCCN(CC1CC1)C(=O)c1cc(Cl)c2c(c1)OCO2. The van der Waals surface area contributed by atoms with Crippen LogP contribution in [0.2, 0.25) is 5.02 Å². The van der Waals surface area contributed by atoms with Gasteiger partial charge in [0.05, 0.1) is 5.02 Å². The first-order valence-electron chi connectivity index (χ1n) is 7.07. The van der Waals surface area contributed by atoms with Crippen molar-refractivity contribution in [3.63, 3.8) is 0 Å². The van der Waals surface area contributed by atoms with Crippen molar-refractivity contribution in [3.05, 3.63) is 22.7 Å². The number of rotatable bonds is 5. The molecule has 108 valence electrons. The van der Waals surface area contributed by atoms with Crippen LogP contribution in [-0.2, 0) is 0 Å². The molecule has 1 saturated carbocycles. The highest BCUT2D eigenvalue weighted by molar-refractivity contribution is 6.32. The van der Waals surface area contributed by atoms with Crippen LogP contribution in [0.25, 0.3) is 0 Å². The van der Waals surface area contributed by atoms with Crippen molar-refractivity contribution in [1.29, 1.82) is 0 Å². The Morgan fingerprint density at radius 1 is 1.40 bits per heavy atom. The van der Waals surface area contributed by atoms with Crippen LogP contribution in [0.5, 0.6) is 11.5 Å². The summed E-state index contributed by atoms with van der Waals surface area (Å²) < 4.78 is 10.6. The van der Waals surface area contributed by atoms with Gasteiger partial charge in [-0.3, -0.25) is 4.79 Å². The molecule has 0 spiro atoms. The third-order valence-corrected chi connectivity index (χ3v) is 3.91. The van der Waals surface area contributed by atoms with Crippen molar-refractivity contribution in [2.24, 2.45) is 5.92 Å². The van der Waals surface area contributed by atoms with Crippen molar-refractivity contribution in [3.8, 4) is 11.5 Å². The maximum atomic E-state index is 12.6. The summed E-state index contributed by atoms with van der Waals surface area (Å²) in [5.74, 6) is 1.80. The van der Waals surface area contributed by atoms with E-state index in [1.165, 1.54) is 12.8 Å². The second-order valence-corrected chi connectivity index (χ2v) is 5.79. The smallest absolute Gasteiger partial charge is 0.254 e. The number of halogens is 1. The average molecular weight is 296 g/mol. The predicted octanol–water partition coefficient (Wildman–Crippen LogP) is 3.33. The number of hydrogen-bond donors (Lipinski definition) is 0. The zero-order valence-electron chi connectivity index (χ0n) is 11.5. The van der Waals surface area contributed by atoms with Crippen LogP contribution in [0.15, 0.2) is 12.1 Å². The zero-order valence-corrected chi connectivity index (χ0v) is 12.3. The van der Waals surface area contributed by atoms with E-state index in [-0.39, 0.29) is 12.7 Å². The number of nitrogens with zero attached hydrogens (tertiary/aromatic N) is 1. The molecule has 0 N–H and O–H groups in total. The lowest BCUT2D eigenvalue weighted by molar-refractivity contribution is 0.0747. The lowest BCUT2D eigenvalue weighted by Gasteiger charge is -2.22. The predicted molar refractivity (Wildman–Crippen MR) is 76.5 cm³/mol. The molecule has 1 aromatic carbocycles. The molecule has 4 nitrogen and oxygen atoms in total. The highest BCUT2D eigenvalue weighted by Crippen LogP contribution is 2.40. The van der Waals surface area contributed by atoms with Gasteiger partial charge in [0, 0.05) is 18.7 Å². The molecule has 1 fully saturated rings. The minimum absolute atomic E-state index is 0.0268. The summed E-state index contributed by atoms with van der Waals surface area (Å²) in [6, 6.07) is 3.40. The van der Waals surface area contributed by atoms with Gasteiger partial charge in [-0.1, -0.05) is 18.5 Å². The van der Waals surface area contributed by atoms with E-state index in [9.17, 15) is 4.79 Å². The Hall–Kier alpha value is -1.42. The highest BCUT2D eigenvalue weighted by atomic mass is 35.5. The van der Waals surface area contributed by atoms with Gasteiger partial charge >= 0.3 is 0 Å². The summed E-state index contributed by atoms with van der Waals surface area (Å²) >= 11 is 6.14. The van der Waals surface area contributed by atoms with Crippen LogP contribution in [0, 0.1) is 5.92 Å². The van der Waals surface area contributed by atoms with Gasteiger partial charge in [-0.2, -0.15) is 0 Å². The maximum Gasteiger partial charge on any atom is 0.254 e. The summed E-state index contributed by atoms with van der Waals surface area (Å²) in [5.41, 5.74) is 0.577. The Morgan fingerprint density at radius 3 is 2.90 bits per heavy atom. The summed E-state index contributed by atoms with van der Waals surface area (Å²) in [7, 11) is 0. The van der Waals surface area contributed by atoms with Crippen LogP contribution in [-0.4, -0.2) is 30.7 Å². The number of hydrogen-bond acceptors (Lipinski definition) is 3. The molecule has 5 heteroatoms. The highest BCUT2D eigenvalue weighted by Gasteiger charge is 2.28. The molecule has 0 aromatic heterocycles. The van der Waals surface area contributed by atoms with Crippen molar-refractivity contribution in [1.82, 2.24) is 4.90 Å².